The molecule has 0 aromatic heterocycles. The number of piperidine rings is 1. The van der Waals surface area contributed by atoms with E-state index < -0.39 is 6.03 Å². The van der Waals surface area contributed by atoms with Gasteiger partial charge in [0.15, 0.2) is 0 Å². The minimum atomic E-state index is -0.401. The molecule has 2 aliphatic rings. The quantitative estimate of drug-likeness (QED) is 0.748. The lowest BCUT2D eigenvalue weighted by molar-refractivity contribution is -0.144. The third-order valence-corrected chi connectivity index (χ3v) is 4.44. The fourth-order valence-electron chi connectivity index (χ4n) is 3.53. The molecule has 2 unspecified atom stereocenters. The first-order valence-corrected chi connectivity index (χ1v) is 8.04. The topological polar surface area (TPSA) is 84.7 Å². The number of amides is 2. The number of nitrogens with two attached hydrogens (primary N) is 1. The Balaban J connectivity index is 1.90. The molecule has 120 valence electrons. The zero-order chi connectivity index (χ0) is 15.2. The first-order chi connectivity index (χ1) is 10.1. The molecular weight excluding hydrogens is 270 g/mol. The first kappa shape index (κ1) is 16.1. The minimum Gasteiger partial charge on any atom is -0.466 e. The number of likely N-dealkylation sites (tertiary alicyclic amines) is 1. The number of urea groups is 1. The van der Waals surface area contributed by atoms with Gasteiger partial charge in [-0.05, 0) is 32.1 Å². The third kappa shape index (κ3) is 4.88. The highest BCUT2D eigenvalue weighted by molar-refractivity contribution is 5.73. The van der Waals surface area contributed by atoms with Crippen molar-refractivity contribution in [3.05, 3.63) is 0 Å². The van der Waals surface area contributed by atoms with Gasteiger partial charge in [-0.2, -0.15) is 0 Å². The number of hydrogen-bond donors (Lipinski definition) is 2. The van der Waals surface area contributed by atoms with E-state index in [2.05, 4.69) is 5.32 Å². The Kier molecular flexibility index (Phi) is 5.85. The van der Waals surface area contributed by atoms with Gasteiger partial charge in [0, 0.05) is 25.2 Å². The largest absolute Gasteiger partial charge is 0.466 e. The minimum absolute atomic E-state index is 0.129. The highest BCUT2D eigenvalue weighted by Crippen LogP contribution is 2.24. The van der Waals surface area contributed by atoms with Crippen molar-refractivity contribution in [2.24, 2.45) is 11.7 Å². The zero-order valence-electron chi connectivity index (χ0n) is 12.8. The van der Waals surface area contributed by atoms with E-state index in [0.29, 0.717) is 32.2 Å². The summed E-state index contributed by atoms with van der Waals surface area (Å²) in [4.78, 5) is 24.8. The molecule has 6 heteroatoms. The van der Waals surface area contributed by atoms with Gasteiger partial charge in [-0.1, -0.05) is 12.8 Å². The van der Waals surface area contributed by atoms with E-state index in [4.69, 9.17) is 10.5 Å². The molecule has 1 aliphatic carbocycles. The van der Waals surface area contributed by atoms with Gasteiger partial charge < -0.3 is 20.7 Å². The van der Waals surface area contributed by atoms with Crippen LogP contribution in [-0.4, -0.2) is 48.7 Å². The predicted octanol–water partition coefficient (Wildman–Crippen LogP) is 1.24. The van der Waals surface area contributed by atoms with Crippen LogP contribution in [0, 0.1) is 5.92 Å². The first-order valence-electron chi connectivity index (χ1n) is 8.04. The smallest absolute Gasteiger partial charge is 0.314 e. The average Bonchev–Trinajstić information content (AvgIpc) is 2.91. The van der Waals surface area contributed by atoms with Gasteiger partial charge in [0.1, 0.15) is 0 Å². The van der Waals surface area contributed by atoms with E-state index in [-0.39, 0.29) is 17.9 Å². The summed E-state index contributed by atoms with van der Waals surface area (Å²) < 4.78 is 5.01. The molecule has 2 rings (SSSR count). The molecule has 1 heterocycles. The Morgan fingerprint density at radius 2 is 1.95 bits per heavy atom. The summed E-state index contributed by atoms with van der Waals surface area (Å²) in [5.41, 5.74) is 5.43. The van der Waals surface area contributed by atoms with Crippen molar-refractivity contribution in [2.45, 2.75) is 57.5 Å². The van der Waals surface area contributed by atoms with E-state index in [1.807, 2.05) is 0 Å². The highest BCUT2D eigenvalue weighted by Gasteiger charge is 2.32. The lowest BCUT2D eigenvalue weighted by atomic mass is 9.91. The van der Waals surface area contributed by atoms with E-state index in [1.165, 1.54) is 25.7 Å². The third-order valence-electron chi connectivity index (χ3n) is 4.44. The number of carbonyl (C=O) groups is 2. The second-order valence-electron chi connectivity index (χ2n) is 6.20. The number of hydrogen-bond acceptors (Lipinski definition) is 4. The normalized spacial score (nSPS) is 26.8. The monoisotopic (exact) mass is 297 g/mol. The number of carbonyl (C=O) groups excluding carboxylic acids is 2. The molecule has 0 aromatic carbocycles. The predicted molar refractivity (Wildman–Crippen MR) is 79.7 cm³/mol. The van der Waals surface area contributed by atoms with Crippen molar-refractivity contribution in [1.29, 1.82) is 0 Å². The summed E-state index contributed by atoms with van der Waals surface area (Å²) in [6, 6.07) is 0.377. The van der Waals surface area contributed by atoms with Gasteiger partial charge in [0.25, 0.3) is 0 Å². The summed E-state index contributed by atoms with van der Waals surface area (Å²) in [6.07, 6.45) is 6.22. The van der Waals surface area contributed by atoms with Crippen LogP contribution in [0.25, 0.3) is 0 Å². The lowest BCUT2D eigenvalue weighted by Gasteiger charge is -2.38. The van der Waals surface area contributed by atoms with Crippen molar-refractivity contribution < 1.29 is 14.3 Å². The Labute approximate surface area is 126 Å². The Hall–Kier alpha value is -1.30. The number of rotatable bonds is 5. The summed E-state index contributed by atoms with van der Waals surface area (Å²) in [5, 5.41) is 3.64. The van der Waals surface area contributed by atoms with Crippen LogP contribution >= 0.6 is 0 Å². The van der Waals surface area contributed by atoms with Gasteiger partial charge in [0.05, 0.1) is 13.0 Å². The molecule has 6 nitrogen and oxygen atoms in total. The van der Waals surface area contributed by atoms with Crippen LogP contribution in [0.3, 0.4) is 0 Å². The molecule has 3 N–H and O–H groups in total. The summed E-state index contributed by atoms with van der Waals surface area (Å²) in [7, 11) is 0. The Morgan fingerprint density at radius 1 is 1.24 bits per heavy atom. The lowest BCUT2D eigenvalue weighted by Crippen LogP contribution is -2.54. The standard InChI is InChI=1S/C15H27N3O3/c1-2-21-14(19)8-11-7-13(10-18(9-11)15(16)20)17-12-5-3-4-6-12/h11-13,17H,2-10H2,1H3,(H2,16,20). The van der Waals surface area contributed by atoms with Crippen molar-refractivity contribution in [3.8, 4) is 0 Å². The fourth-order valence-corrected chi connectivity index (χ4v) is 3.53. The zero-order valence-corrected chi connectivity index (χ0v) is 12.8. The summed E-state index contributed by atoms with van der Waals surface area (Å²) in [5.74, 6) is -0.0577. The number of nitrogens with one attached hydrogen (secondary N) is 1. The van der Waals surface area contributed by atoms with Crippen molar-refractivity contribution in [3.63, 3.8) is 0 Å². The van der Waals surface area contributed by atoms with Gasteiger partial charge in [-0.15, -0.1) is 0 Å². The summed E-state index contributed by atoms with van der Waals surface area (Å²) >= 11 is 0. The molecular formula is C15H27N3O3. The van der Waals surface area contributed by atoms with Gasteiger partial charge >= 0.3 is 12.0 Å². The van der Waals surface area contributed by atoms with E-state index in [0.717, 1.165) is 6.42 Å². The highest BCUT2D eigenvalue weighted by atomic mass is 16.5. The molecule has 21 heavy (non-hydrogen) atoms. The SMILES string of the molecule is CCOC(=O)CC1CC(NC2CCCC2)CN(C(N)=O)C1. The van der Waals surface area contributed by atoms with Crippen LogP contribution < -0.4 is 11.1 Å². The maximum absolute atomic E-state index is 11.7. The fraction of sp³-hybridized carbons (Fsp3) is 0.867. The molecule has 0 radical (unpaired) electrons. The molecule has 0 bridgehead atoms. The van der Waals surface area contributed by atoms with Crippen molar-refractivity contribution in [2.75, 3.05) is 19.7 Å². The van der Waals surface area contributed by atoms with Crippen molar-refractivity contribution >= 4 is 12.0 Å². The van der Waals surface area contributed by atoms with Gasteiger partial charge in [-0.25, -0.2) is 4.79 Å². The van der Waals surface area contributed by atoms with Crippen LogP contribution in [0.4, 0.5) is 4.79 Å². The molecule has 1 saturated heterocycles. The Morgan fingerprint density at radius 3 is 2.57 bits per heavy atom. The number of ether oxygens (including phenoxy) is 1. The van der Waals surface area contributed by atoms with Crippen LogP contribution in [0.15, 0.2) is 0 Å². The maximum atomic E-state index is 11.7. The van der Waals surface area contributed by atoms with E-state index in [9.17, 15) is 9.59 Å². The number of nitrogens with zero attached hydrogens (tertiary/aromatic N) is 1. The van der Waals surface area contributed by atoms with E-state index in [1.54, 1.807) is 11.8 Å². The van der Waals surface area contributed by atoms with Crippen LogP contribution in [-0.2, 0) is 9.53 Å². The average molecular weight is 297 g/mol. The molecule has 1 aliphatic heterocycles. The van der Waals surface area contributed by atoms with Gasteiger partial charge in [-0.3, -0.25) is 4.79 Å². The molecule has 1 saturated carbocycles. The van der Waals surface area contributed by atoms with Gasteiger partial charge in [0.2, 0.25) is 0 Å². The Bertz CT molecular complexity index is 369. The van der Waals surface area contributed by atoms with Crippen LogP contribution in [0.1, 0.15) is 45.4 Å². The van der Waals surface area contributed by atoms with E-state index >= 15 is 0 Å². The molecule has 0 aromatic rings. The molecule has 2 amide bonds. The molecule has 2 atom stereocenters. The number of primary amides is 1. The summed E-state index contributed by atoms with van der Waals surface area (Å²) in [6.45, 7) is 3.40. The molecule has 0 spiro atoms. The van der Waals surface area contributed by atoms with Crippen LogP contribution in [0.5, 0.6) is 0 Å². The van der Waals surface area contributed by atoms with Crippen LogP contribution in [0.2, 0.25) is 0 Å². The molecule has 2 fully saturated rings. The maximum Gasteiger partial charge on any atom is 0.314 e. The van der Waals surface area contributed by atoms with Crippen molar-refractivity contribution in [1.82, 2.24) is 10.2 Å². The number of esters is 1. The second-order valence-corrected chi connectivity index (χ2v) is 6.20. The second kappa shape index (κ2) is 7.64.